The Morgan fingerprint density at radius 3 is 2.64 bits per heavy atom. The van der Waals surface area contributed by atoms with Crippen LogP contribution in [0.4, 0.5) is 16.6 Å². The number of methoxy groups -OCH3 is 1. The fraction of sp³-hybridized carbons (Fsp3) is 0.318. The first-order valence-electron chi connectivity index (χ1n) is 10.5. The van der Waals surface area contributed by atoms with Crippen LogP contribution in [0, 0.1) is 11.3 Å². The summed E-state index contributed by atoms with van der Waals surface area (Å²) in [4.78, 5) is 22.6. The first kappa shape index (κ1) is 21.0. The van der Waals surface area contributed by atoms with Gasteiger partial charge in [-0.05, 0) is 35.9 Å². The molecular weight excluding hydrogens is 444 g/mol. The Labute approximate surface area is 195 Å². The van der Waals surface area contributed by atoms with Gasteiger partial charge in [-0.3, -0.25) is 9.47 Å². The molecule has 0 radical (unpaired) electrons. The maximum absolute atomic E-state index is 12.3. The third-order valence-corrected chi connectivity index (χ3v) is 6.09. The van der Waals surface area contributed by atoms with Crippen molar-refractivity contribution in [2.45, 2.75) is 13.1 Å². The van der Waals surface area contributed by atoms with Gasteiger partial charge in [-0.25, -0.2) is 9.78 Å². The number of rotatable bonds is 2. The van der Waals surface area contributed by atoms with E-state index in [9.17, 15) is 4.79 Å². The average Bonchev–Trinajstić information content (AvgIpc) is 3.19. The van der Waals surface area contributed by atoms with E-state index in [0.29, 0.717) is 36.2 Å². The molecule has 0 saturated carbocycles. The predicted molar refractivity (Wildman–Crippen MR) is 121 cm³/mol. The van der Waals surface area contributed by atoms with Crippen molar-refractivity contribution in [3.63, 3.8) is 0 Å². The molecule has 2 aliphatic heterocycles. The number of piperazine rings is 1. The predicted octanol–water partition coefficient (Wildman–Crippen LogP) is 2.60. The number of aromatic nitrogens is 4. The van der Waals surface area contributed by atoms with Gasteiger partial charge in [0.1, 0.15) is 17.6 Å². The van der Waals surface area contributed by atoms with Gasteiger partial charge in [0.25, 0.3) is 0 Å². The topological polar surface area (TPSA) is 103 Å². The molecule has 1 amide bonds. The van der Waals surface area contributed by atoms with E-state index in [4.69, 9.17) is 21.6 Å². The van der Waals surface area contributed by atoms with E-state index in [-0.39, 0.29) is 6.54 Å². The van der Waals surface area contributed by atoms with Crippen molar-refractivity contribution >= 4 is 29.5 Å². The van der Waals surface area contributed by atoms with E-state index in [0.717, 1.165) is 36.1 Å². The molecule has 5 rings (SSSR count). The van der Waals surface area contributed by atoms with Crippen molar-refractivity contribution in [3.8, 4) is 11.8 Å². The minimum Gasteiger partial charge on any atom is -0.453 e. The number of nitrogens with zero attached hydrogens (tertiary/aromatic N) is 8. The second kappa shape index (κ2) is 8.60. The van der Waals surface area contributed by atoms with Gasteiger partial charge in [-0.15, -0.1) is 10.2 Å². The zero-order valence-corrected chi connectivity index (χ0v) is 18.7. The third-order valence-electron chi connectivity index (χ3n) is 5.86. The van der Waals surface area contributed by atoms with Gasteiger partial charge in [-0.2, -0.15) is 5.26 Å². The van der Waals surface area contributed by atoms with Crippen molar-refractivity contribution in [2.75, 3.05) is 43.1 Å². The number of anilines is 2. The smallest absolute Gasteiger partial charge is 0.410 e. The van der Waals surface area contributed by atoms with Crippen molar-refractivity contribution in [1.82, 2.24) is 24.6 Å². The molecule has 0 spiro atoms. The van der Waals surface area contributed by atoms with Crippen LogP contribution >= 0.6 is 11.6 Å². The van der Waals surface area contributed by atoms with E-state index in [1.165, 1.54) is 7.11 Å². The molecule has 0 bridgehead atoms. The van der Waals surface area contributed by atoms with E-state index >= 15 is 0 Å². The highest BCUT2D eigenvalue weighted by atomic mass is 35.5. The standard InChI is InChI=1S/C22H21ClN8O2/c1-33-22(32)30-13-15-11-16(23)5-6-18(15)31-20(14-30)26-27-21(31)29-9-7-28(8-10-29)19-4-2-3-17(12-24)25-19/h2-6,11H,7-10,13-14H2,1H3. The van der Waals surface area contributed by atoms with Crippen molar-refractivity contribution in [3.05, 3.63) is 58.5 Å². The number of carbonyl (C=O) groups excluding carboxylic acids is 1. The number of benzene rings is 1. The summed E-state index contributed by atoms with van der Waals surface area (Å²) in [6.45, 7) is 3.51. The number of carbonyl (C=O) groups is 1. The molecule has 2 aromatic heterocycles. The lowest BCUT2D eigenvalue weighted by atomic mass is 10.1. The fourth-order valence-electron chi connectivity index (χ4n) is 4.25. The van der Waals surface area contributed by atoms with Crippen LogP contribution < -0.4 is 9.80 Å². The van der Waals surface area contributed by atoms with Crippen LogP contribution in [0.25, 0.3) is 5.69 Å². The molecule has 0 unspecified atom stereocenters. The highest BCUT2D eigenvalue weighted by Gasteiger charge is 2.30. The van der Waals surface area contributed by atoms with Crippen molar-refractivity contribution < 1.29 is 9.53 Å². The van der Waals surface area contributed by atoms with Crippen molar-refractivity contribution in [1.29, 1.82) is 5.26 Å². The summed E-state index contributed by atoms with van der Waals surface area (Å²) in [5.74, 6) is 2.17. The molecule has 3 aromatic rings. The van der Waals surface area contributed by atoms with Gasteiger partial charge in [0.05, 0.1) is 25.9 Å². The summed E-state index contributed by atoms with van der Waals surface area (Å²) in [6.07, 6.45) is -0.431. The molecule has 0 atom stereocenters. The maximum atomic E-state index is 12.3. The molecule has 1 saturated heterocycles. The summed E-state index contributed by atoms with van der Waals surface area (Å²) in [7, 11) is 1.36. The molecule has 168 valence electrons. The van der Waals surface area contributed by atoms with E-state index < -0.39 is 6.09 Å². The number of pyridine rings is 1. The Morgan fingerprint density at radius 2 is 1.88 bits per heavy atom. The minimum absolute atomic E-state index is 0.275. The second-order valence-electron chi connectivity index (χ2n) is 7.82. The molecule has 0 aliphatic carbocycles. The number of nitriles is 1. The second-order valence-corrected chi connectivity index (χ2v) is 8.25. The summed E-state index contributed by atoms with van der Waals surface area (Å²) < 4.78 is 6.95. The van der Waals surface area contributed by atoms with Gasteiger partial charge in [-0.1, -0.05) is 17.7 Å². The normalized spacial score (nSPS) is 15.4. The summed E-state index contributed by atoms with van der Waals surface area (Å²) in [5.41, 5.74) is 2.19. The number of fused-ring (bicyclic) bond motifs is 3. The SMILES string of the molecule is COC(=O)N1Cc2cc(Cl)ccc2-n2c(nnc2N2CCN(c3cccc(C#N)n3)CC2)C1. The first-order valence-corrected chi connectivity index (χ1v) is 10.9. The Hall–Kier alpha value is -3.84. The van der Waals surface area contributed by atoms with Gasteiger partial charge < -0.3 is 14.5 Å². The number of hydrogen-bond acceptors (Lipinski definition) is 8. The van der Waals surface area contributed by atoms with E-state index in [1.807, 2.05) is 34.9 Å². The van der Waals surface area contributed by atoms with Gasteiger partial charge in [0, 0.05) is 31.2 Å². The third kappa shape index (κ3) is 3.91. The van der Waals surface area contributed by atoms with E-state index in [1.54, 1.807) is 11.0 Å². The van der Waals surface area contributed by atoms with Crippen LogP contribution in [-0.4, -0.2) is 64.0 Å². The Balaban J connectivity index is 1.44. The molecule has 1 aromatic carbocycles. The lowest BCUT2D eigenvalue weighted by Gasteiger charge is -2.36. The minimum atomic E-state index is -0.431. The first-order chi connectivity index (χ1) is 16.1. The van der Waals surface area contributed by atoms with Crippen LogP contribution in [0.15, 0.2) is 36.4 Å². The molecule has 4 heterocycles. The van der Waals surface area contributed by atoms with Gasteiger partial charge in [0.15, 0.2) is 5.82 Å². The molecular formula is C22H21ClN8O2. The highest BCUT2D eigenvalue weighted by molar-refractivity contribution is 6.30. The highest BCUT2D eigenvalue weighted by Crippen LogP contribution is 2.31. The largest absolute Gasteiger partial charge is 0.453 e. The quantitative estimate of drug-likeness (QED) is 0.570. The molecule has 33 heavy (non-hydrogen) atoms. The average molecular weight is 465 g/mol. The summed E-state index contributed by atoms with van der Waals surface area (Å²) in [5, 5.41) is 18.6. The van der Waals surface area contributed by atoms with Crippen LogP contribution in [0.1, 0.15) is 17.1 Å². The number of hydrogen-bond donors (Lipinski definition) is 0. The van der Waals surface area contributed by atoms with Crippen molar-refractivity contribution in [2.24, 2.45) is 0 Å². The maximum Gasteiger partial charge on any atom is 0.410 e. The zero-order valence-electron chi connectivity index (χ0n) is 18.0. The molecule has 2 aliphatic rings. The molecule has 0 N–H and O–H groups in total. The van der Waals surface area contributed by atoms with Gasteiger partial charge in [0.2, 0.25) is 5.95 Å². The lowest BCUT2D eigenvalue weighted by Crippen LogP contribution is -2.47. The lowest BCUT2D eigenvalue weighted by molar-refractivity contribution is 0.117. The molecule has 11 heteroatoms. The molecule has 1 fully saturated rings. The summed E-state index contributed by atoms with van der Waals surface area (Å²) in [6, 6.07) is 13.2. The Morgan fingerprint density at radius 1 is 1.09 bits per heavy atom. The van der Waals surface area contributed by atoms with Crippen LogP contribution in [0.5, 0.6) is 0 Å². The number of amides is 1. The van der Waals surface area contributed by atoms with Gasteiger partial charge >= 0.3 is 6.09 Å². The summed E-state index contributed by atoms with van der Waals surface area (Å²) >= 11 is 6.26. The number of ether oxygens (including phenoxy) is 1. The number of halogens is 1. The van der Waals surface area contributed by atoms with E-state index in [2.05, 4.69) is 31.1 Å². The van der Waals surface area contributed by atoms with Crippen LogP contribution in [0.3, 0.4) is 0 Å². The van der Waals surface area contributed by atoms with Crippen LogP contribution in [-0.2, 0) is 17.8 Å². The Kier molecular flexibility index (Phi) is 5.48. The van der Waals surface area contributed by atoms with Crippen LogP contribution in [0.2, 0.25) is 5.02 Å². The fourth-order valence-corrected chi connectivity index (χ4v) is 4.44. The zero-order chi connectivity index (χ0) is 22.9. The Bertz CT molecular complexity index is 1250. The molecule has 10 nitrogen and oxygen atoms in total. The monoisotopic (exact) mass is 464 g/mol.